The maximum absolute atomic E-state index is 10.7. The van der Waals surface area contributed by atoms with E-state index < -0.39 is 0 Å². The monoisotopic (exact) mass is 336 g/mol. The molecule has 2 nitrogen and oxygen atoms in total. The summed E-state index contributed by atoms with van der Waals surface area (Å²) < 4.78 is 4.93. The molecule has 0 heterocycles. The molecule has 0 saturated heterocycles. The Morgan fingerprint density at radius 1 is 0.875 bits per heavy atom. The van der Waals surface area contributed by atoms with Crippen LogP contribution in [0.15, 0.2) is 23.3 Å². The first-order valence-corrected chi connectivity index (χ1v) is 9.75. The maximum Gasteiger partial charge on any atom is 0.302 e. The molecule has 24 heavy (non-hydrogen) atoms. The highest BCUT2D eigenvalue weighted by atomic mass is 16.5. The van der Waals surface area contributed by atoms with E-state index in [-0.39, 0.29) is 5.97 Å². The molecule has 0 fully saturated rings. The van der Waals surface area contributed by atoms with Gasteiger partial charge in [0.25, 0.3) is 0 Å². The van der Waals surface area contributed by atoms with Crippen molar-refractivity contribution in [2.24, 2.45) is 11.8 Å². The first-order valence-electron chi connectivity index (χ1n) is 9.75. The zero-order valence-corrected chi connectivity index (χ0v) is 17.0. The zero-order valence-electron chi connectivity index (χ0n) is 17.0. The topological polar surface area (TPSA) is 26.3 Å². The highest BCUT2D eigenvalue weighted by molar-refractivity contribution is 5.66. The second kappa shape index (κ2) is 14.3. The van der Waals surface area contributed by atoms with Gasteiger partial charge in [0.15, 0.2) is 0 Å². The van der Waals surface area contributed by atoms with Crippen molar-refractivity contribution in [3.63, 3.8) is 0 Å². The van der Waals surface area contributed by atoms with Crippen LogP contribution in [0.5, 0.6) is 0 Å². The molecule has 0 aromatic rings. The molecule has 0 radical (unpaired) electrons. The number of carbonyl (C=O) groups excluding carboxylic acids is 1. The van der Waals surface area contributed by atoms with Crippen molar-refractivity contribution in [2.75, 3.05) is 6.61 Å². The molecule has 0 bridgehead atoms. The molecule has 0 spiro atoms. The Morgan fingerprint density at radius 2 is 1.50 bits per heavy atom. The van der Waals surface area contributed by atoms with Crippen molar-refractivity contribution in [1.29, 1.82) is 0 Å². The highest BCUT2D eigenvalue weighted by Crippen LogP contribution is 2.19. The van der Waals surface area contributed by atoms with E-state index in [0.29, 0.717) is 6.61 Å². The van der Waals surface area contributed by atoms with Crippen molar-refractivity contribution >= 4 is 5.97 Å². The fourth-order valence-electron chi connectivity index (χ4n) is 2.80. The summed E-state index contributed by atoms with van der Waals surface area (Å²) >= 11 is 0. The van der Waals surface area contributed by atoms with Crippen molar-refractivity contribution in [3.8, 4) is 0 Å². The molecule has 0 rings (SSSR count). The molecule has 0 saturated carbocycles. The molecule has 0 aliphatic heterocycles. The Morgan fingerprint density at radius 3 is 2.12 bits per heavy atom. The normalized spacial score (nSPS) is 14.1. The number of hydrogen-bond acceptors (Lipinski definition) is 2. The van der Waals surface area contributed by atoms with Crippen LogP contribution in [-0.2, 0) is 9.53 Å². The Hall–Kier alpha value is -1.05. The van der Waals surface area contributed by atoms with E-state index >= 15 is 0 Å². The van der Waals surface area contributed by atoms with Crippen LogP contribution in [-0.4, -0.2) is 12.6 Å². The van der Waals surface area contributed by atoms with Crippen LogP contribution in [0.4, 0.5) is 0 Å². The third-order valence-corrected chi connectivity index (χ3v) is 4.50. The van der Waals surface area contributed by atoms with Gasteiger partial charge < -0.3 is 4.74 Å². The first kappa shape index (κ1) is 22.9. The van der Waals surface area contributed by atoms with Gasteiger partial charge in [0.05, 0.1) is 0 Å². The molecule has 2 heteroatoms. The molecule has 0 aliphatic rings. The fourth-order valence-corrected chi connectivity index (χ4v) is 2.80. The van der Waals surface area contributed by atoms with Gasteiger partial charge >= 0.3 is 5.97 Å². The summed E-state index contributed by atoms with van der Waals surface area (Å²) in [6.07, 6.45) is 14.5. The fraction of sp³-hybridized carbons (Fsp3) is 0.773. The average Bonchev–Trinajstić information content (AvgIpc) is 2.46. The predicted molar refractivity (Wildman–Crippen MR) is 105 cm³/mol. The smallest absolute Gasteiger partial charge is 0.302 e. The minimum Gasteiger partial charge on any atom is -0.462 e. The third-order valence-electron chi connectivity index (χ3n) is 4.50. The van der Waals surface area contributed by atoms with Crippen LogP contribution in [0.25, 0.3) is 0 Å². The molecular formula is C22H40O2. The number of carbonyl (C=O) groups is 1. The summed E-state index contributed by atoms with van der Waals surface area (Å²) in [5, 5.41) is 0. The van der Waals surface area contributed by atoms with Crippen LogP contribution < -0.4 is 0 Å². The van der Waals surface area contributed by atoms with Gasteiger partial charge in [-0.1, -0.05) is 63.7 Å². The van der Waals surface area contributed by atoms with Gasteiger partial charge in [0, 0.05) is 6.92 Å². The number of hydrogen-bond donors (Lipinski definition) is 0. The zero-order chi connectivity index (χ0) is 18.4. The van der Waals surface area contributed by atoms with E-state index in [1.54, 1.807) is 0 Å². The predicted octanol–water partition coefficient (Wildman–Crippen LogP) is 6.86. The summed E-state index contributed by atoms with van der Waals surface area (Å²) in [6.45, 7) is 13.2. The van der Waals surface area contributed by atoms with Gasteiger partial charge in [-0.15, -0.1) is 0 Å². The minimum atomic E-state index is -0.215. The number of rotatable bonds is 13. The van der Waals surface area contributed by atoms with Crippen molar-refractivity contribution in [2.45, 2.75) is 92.9 Å². The molecule has 0 aromatic heterocycles. The van der Waals surface area contributed by atoms with Gasteiger partial charge in [0.2, 0.25) is 0 Å². The lowest BCUT2D eigenvalue weighted by atomic mass is 9.94. The van der Waals surface area contributed by atoms with E-state index in [4.69, 9.17) is 4.74 Å². The quantitative estimate of drug-likeness (QED) is 0.271. The van der Waals surface area contributed by atoms with Gasteiger partial charge in [0.1, 0.15) is 6.61 Å². The van der Waals surface area contributed by atoms with Crippen LogP contribution in [0, 0.1) is 11.8 Å². The lowest BCUT2D eigenvalue weighted by molar-refractivity contribution is -0.139. The SMILES string of the molecule is CC(=O)OC/C=C(\C)CCC=C(C)CCCC(C)CCCC(C)C. The Labute approximate surface area is 150 Å². The second-order valence-electron chi connectivity index (χ2n) is 7.76. The largest absolute Gasteiger partial charge is 0.462 e. The maximum atomic E-state index is 10.7. The van der Waals surface area contributed by atoms with Crippen LogP contribution in [0.2, 0.25) is 0 Å². The lowest BCUT2D eigenvalue weighted by Crippen LogP contribution is -1.98. The molecule has 0 N–H and O–H groups in total. The minimum absolute atomic E-state index is 0.215. The number of esters is 1. The van der Waals surface area contributed by atoms with E-state index in [2.05, 4.69) is 40.7 Å². The lowest BCUT2D eigenvalue weighted by Gasteiger charge is -2.12. The molecule has 140 valence electrons. The molecule has 1 unspecified atom stereocenters. The van der Waals surface area contributed by atoms with Crippen molar-refractivity contribution in [1.82, 2.24) is 0 Å². The van der Waals surface area contributed by atoms with E-state index in [1.807, 2.05) is 6.08 Å². The molecule has 0 amide bonds. The Bertz CT molecular complexity index is 391. The Balaban J connectivity index is 3.77. The summed E-state index contributed by atoms with van der Waals surface area (Å²) in [5.41, 5.74) is 2.80. The Kier molecular flexibility index (Phi) is 13.7. The highest BCUT2D eigenvalue weighted by Gasteiger charge is 2.03. The van der Waals surface area contributed by atoms with E-state index in [9.17, 15) is 4.79 Å². The van der Waals surface area contributed by atoms with Gasteiger partial charge in [-0.25, -0.2) is 0 Å². The number of allylic oxidation sites excluding steroid dienone is 3. The van der Waals surface area contributed by atoms with E-state index in [1.165, 1.54) is 56.6 Å². The second-order valence-corrected chi connectivity index (χ2v) is 7.76. The van der Waals surface area contributed by atoms with Crippen LogP contribution >= 0.6 is 0 Å². The van der Waals surface area contributed by atoms with Gasteiger partial charge in [-0.3, -0.25) is 4.79 Å². The van der Waals surface area contributed by atoms with Gasteiger partial charge in [-0.2, -0.15) is 0 Å². The van der Waals surface area contributed by atoms with Gasteiger partial charge in [-0.05, 0) is 57.4 Å². The van der Waals surface area contributed by atoms with E-state index in [0.717, 1.165) is 24.7 Å². The van der Waals surface area contributed by atoms with Crippen LogP contribution in [0.1, 0.15) is 92.9 Å². The summed E-state index contributed by atoms with van der Waals surface area (Å²) in [6, 6.07) is 0. The third kappa shape index (κ3) is 15.8. The summed E-state index contributed by atoms with van der Waals surface area (Å²) in [7, 11) is 0. The molecule has 1 atom stereocenters. The van der Waals surface area contributed by atoms with Crippen molar-refractivity contribution in [3.05, 3.63) is 23.3 Å². The standard InChI is InChI=1S/C22H40O2/c1-18(2)10-7-11-19(3)12-8-13-20(4)14-9-15-21(5)16-17-24-22(6)23/h14,16,18-19H,7-13,15,17H2,1-6H3/b20-14?,21-16+. The summed E-state index contributed by atoms with van der Waals surface area (Å²) in [4.78, 5) is 10.7. The molecule has 0 aromatic carbocycles. The van der Waals surface area contributed by atoms with Crippen LogP contribution in [0.3, 0.4) is 0 Å². The average molecular weight is 337 g/mol. The van der Waals surface area contributed by atoms with Crippen molar-refractivity contribution < 1.29 is 9.53 Å². The molecule has 0 aliphatic carbocycles. The molecular weight excluding hydrogens is 296 g/mol. The first-order chi connectivity index (χ1) is 11.3. The number of ether oxygens (including phenoxy) is 1. The summed E-state index contributed by atoms with van der Waals surface area (Å²) in [5.74, 6) is 1.49.